The monoisotopic (exact) mass is 574 g/mol. The summed E-state index contributed by atoms with van der Waals surface area (Å²) in [7, 11) is 0. The van der Waals surface area contributed by atoms with Crippen molar-refractivity contribution in [2.75, 3.05) is 19.6 Å². The fraction of sp³-hybridized carbons (Fsp3) is 0.394. The van der Waals surface area contributed by atoms with Crippen molar-refractivity contribution in [1.29, 1.82) is 0 Å². The predicted octanol–water partition coefficient (Wildman–Crippen LogP) is 3.94. The number of carboxylic acid groups (broad SMARTS) is 1. The van der Waals surface area contributed by atoms with Crippen LogP contribution in [0, 0.1) is 0 Å². The van der Waals surface area contributed by atoms with Crippen molar-refractivity contribution in [1.82, 2.24) is 10.2 Å². The number of ether oxygens (including phenoxy) is 2. The molecule has 0 radical (unpaired) electrons. The molecule has 9 nitrogen and oxygen atoms in total. The van der Waals surface area contributed by atoms with Gasteiger partial charge in [-0.15, -0.1) is 0 Å². The molecule has 3 aromatic rings. The van der Waals surface area contributed by atoms with E-state index in [0.717, 1.165) is 46.3 Å². The number of aliphatic carboxylic acids is 1. The average Bonchev–Trinajstić information content (AvgIpc) is 3.43. The highest BCUT2D eigenvalue weighted by molar-refractivity contribution is 5.80. The molecule has 2 heterocycles. The average molecular weight is 575 g/mol. The third-order valence-electron chi connectivity index (χ3n) is 7.80. The third kappa shape index (κ3) is 8.02. The molecule has 0 bridgehead atoms. The second-order valence-electron chi connectivity index (χ2n) is 11.0. The second kappa shape index (κ2) is 14.0. The Balaban J connectivity index is 1.32. The standard InChI is InChI=1S/C33H38N2O7/c36-21-22-7-9-24(10-8-22)30-17-29(20-35-14-13-28(37)19-35)41-33(42-30)27-6-2-5-26(16-27)25-4-1-3-23(15-25)18-34-31(38)11-12-32(39)40/h1-10,15-16,28-30,33,36-37H,11-14,17-21H2,(H,34,38)(H,39,40). The number of carboxylic acids is 1. The highest BCUT2D eigenvalue weighted by Gasteiger charge is 2.34. The molecule has 3 aromatic carbocycles. The van der Waals surface area contributed by atoms with Gasteiger partial charge in [0.1, 0.15) is 0 Å². The molecule has 2 aliphatic rings. The number of hydrogen-bond donors (Lipinski definition) is 4. The van der Waals surface area contributed by atoms with Crippen LogP contribution < -0.4 is 5.32 Å². The number of amides is 1. The second-order valence-corrected chi connectivity index (χ2v) is 11.0. The first-order valence-corrected chi connectivity index (χ1v) is 14.4. The van der Waals surface area contributed by atoms with Crippen molar-refractivity contribution in [3.8, 4) is 11.1 Å². The topological polar surface area (TPSA) is 129 Å². The van der Waals surface area contributed by atoms with E-state index in [2.05, 4.69) is 16.3 Å². The summed E-state index contributed by atoms with van der Waals surface area (Å²) in [5, 5.41) is 31.1. The van der Waals surface area contributed by atoms with E-state index in [-0.39, 0.29) is 43.7 Å². The Bertz CT molecular complexity index is 1360. The van der Waals surface area contributed by atoms with Crippen LogP contribution in [0.25, 0.3) is 11.1 Å². The van der Waals surface area contributed by atoms with Gasteiger partial charge in [0.2, 0.25) is 5.91 Å². The Morgan fingerprint density at radius 2 is 1.67 bits per heavy atom. The molecule has 42 heavy (non-hydrogen) atoms. The Morgan fingerprint density at radius 1 is 0.905 bits per heavy atom. The molecule has 0 spiro atoms. The molecule has 0 aliphatic carbocycles. The summed E-state index contributed by atoms with van der Waals surface area (Å²) < 4.78 is 13.0. The van der Waals surface area contributed by atoms with Crippen LogP contribution in [0.3, 0.4) is 0 Å². The molecule has 2 aliphatic heterocycles. The van der Waals surface area contributed by atoms with E-state index in [9.17, 15) is 19.8 Å². The number of carbonyl (C=O) groups excluding carboxylic acids is 1. The number of carbonyl (C=O) groups is 2. The molecule has 1 amide bonds. The number of aliphatic hydroxyl groups is 2. The number of benzene rings is 3. The molecule has 4 atom stereocenters. The zero-order valence-corrected chi connectivity index (χ0v) is 23.5. The quantitative estimate of drug-likeness (QED) is 0.271. The van der Waals surface area contributed by atoms with Crippen molar-refractivity contribution in [2.45, 2.75) is 63.4 Å². The van der Waals surface area contributed by atoms with Gasteiger partial charge in [-0.1, -0.05) is 60.7 Å². The zero-order chi connectivity index (χ0) is 29.5. The maximum atomic E-state index is 12.0. The largest absolute Gasteiger partial charge is 0.481 e. The van der Waals surface area contributed by atoms with Crippen LogP contribution in [-0.2, 0) is 32.2 Å². The normalized spacial score (nSPS) is 22.6. The maximum absolute atomic E-state index is 12.0. The lowest BCUT2D eigenvalue weighted by Crippen LogP contribution is -2.38. The van der Waals surface area contributed by atoms with Crippen LogP contribution in [-0.4, -0.2) is 63.9 Å². The molecular formula is C33H38N2O7. The van der Waals surface area contributed by atoms with Gasteiger partial charge in [0.25, 0.3) is 0 Å². The molecule has 4 unspecified atom stereocenters. The van der Waals surface area contributed by atoms with Gasteiger partial charge < -0.3 is 30.1 Å². The molecule has 2 saturated heterocycles. The van der Waals surface area contributed by atoms with Crippen molar-refractivity contribution < 1.29 is 34.4 Å². The summed E-state index contributed by atoms with van der Waals surface area (Å²) in [6.45, 7) is 2.50. The number of β-amino-alcohol motifs (C(OH)–C–C–N with tert-alkyl or cyclic N) is 1. The fourth-order valence-corrected chi connectivity index (χ4v) is 5.53. The van der Waals surface area contributed by atoms with Crippen LogP contribution in [0.2, 0.25) is 0 Å². The third-order valence-corrected chi connectivity index (χ3v) is 7.80. The van der Waals surface area contributed by atoms with E-state index in [0.29, 0.717) is 26.1 Å². The van der Waals surface area contributed by atoms with Gasteiger partial charge in [-0.05, 0) is 46.4 Å². The molecular weight excluding hydrogens is 536 g/mol. The maximum Gasteiger partial charge on any atom is 0.303 e. The minimum Gasteiger partial charge on any atom is -0.481 e. The van der Waals surface area contributed by atoms with Crippen molar-refractivity contribution in [3.63, 3.8) is 0 Å². The summed E-state index contributed by atoms with van der Waals surface area (Å²) in [5.74, 6) is -1.29. The Hall–Kier alpha value is -3.60. The molecule has 0 aromatic heterocycles. The minimum atomic E-state index is -0.995. The summed E-state index contributed by atoms with van der Waals surface area (Å²) in [5.41, 5.74) is 5.63. The first-order valence-electron chi connectivity index (χ1n) is 14.4. The first kappa shape index (κ1) is 29.9. The van der Waals surface area contributed by atoms with Gasteiger partial charge in [0.05, 0.1) is 31.3 Å². The highest BCUT2D eigenvalue weighted by Crippen LogP contribution is 2.39. The Morgan fingerprint density at radius 3 is 2.38 bits per heavy atom. The van der Waals surface area contributed by atoms with Crippen LogP contribution in [0.5, 0.6) is 0 Å². The Labute approximate surface area is 245 Å². The lowest BCUT2D eigenvalue weighted by molar-refractivity contribution is -0.252. The van der Waals surface area contributed by atoms with E-state index in [1.165, 1.54) is 0 Å². The van der Waals surface area contributed by atoms with Gasteiger partial charge in [-0.25, -0.2) is 0 Å². The van der Waals surface area contributed by atoms with Gasteiger partial charge in [-0.2, -0.15) is 0 Å². The lowest BCUT2D eigenvalue weighted by Gasteiger charge is -2.38. The van der Waals surface area contributed by atoms with E-state index in [1.54, 1.807) is 0 Å². The van der Waals surface area contributed by atoms with E-state index in [4.69, 9.17) is 14.6 Å². The molecule has 222 valence electrons. The number of hydrogen-bond acceptors (Lipinski definition) is 7. The minimum absolute atomic E-state index is 0.0114. The van der Waals surface area contributed by atoms with Gasteiger partial charge in [0.15, 0.2) is 6.29 Å². The predicted molar refractivity (Wildman–Crippen MR) is 156 cm³/mol. The van der Waals surface area contributed by atoms with Crippen molar-refractivity contribution >= 4 is 11.9 Å². The molecule has 5 rings (SSSR count). The van der Waals surface area contributed by atoms with E-state index < -0.39 is 12.3 Å². The number of likely N-dealkylation sites (tertiary alicyclic amines) is 1. The van der Waals surface area contributed by atoms with Crippen LogP contribution in [0.15, 0.2) is 72.8 Å². The summed E-state index contributed by atoms with van der Waals surface area (Å²) in [4.78, 5) is 24.9. The molecule has 0 saturated carbocycles. The summed E-state index contributed by atoms with van der Waals surface area (Å²) >= 11 is 0. The Kier molecular flexibility index (Phi) is 9.99. The molecule has 2 fully saturated rings. The van der Waals surface area contributed by atoms with Crippen LogP contribution in [0.4, 0.5) is 0 Å². The van der Waals surface area contributed by atoms with Gasteiger partial charge >= 0.3 is 5.97 Å². The van der Waals surface area contributed by atoms with Crippen LogP contribution in [0.1, 0.15) is 60.3 Å². The number of rotatable bonds is 11. The molecule has 9 heteroatoms. The van der Waals surface area contributed by atoms with Crippen molar-refractivity contribution in [2.24, 2.45) is 0 Å². The lowest BCUT2D eigenvalue weighted by atomic mass is 9.98. The van der Waals surface area contributed by atoms with Gasteiger partial charge in [-0.3, -0.25) is 14.5 Å². The first-order chi connectivity index (χ1) is 20.4. The fourth-order valence-electron chi connectivity index (χ4n) is 5.53. The summed E-state index contributed by atoms with van der Waals surface area (Å²) in [6.07, 6.45) is 0.0413. The highest BCUT2D eigenvalue weighted by atomic mass is 16.7. The number of nitrogens with zero attached hydrogens (tertiary/aromatic N) is 1. The number of nitrogens with one attached hydrogen (secondary N) is 1. The van der Waals surface area contributed by atoms with E-state index >= 15 is 0 Å². The smallest absolute Gasteiger partial charge is 0.303 e. The summed E-state index contributed by atoms with van der Waals surface area (Å²) in [6, 6.07) is 23.7. The van der Waals surface area contributed by atoms with Crippen molar-refractivity contribution in [3.05, 3.63) is 95.1 Å². The van der Waals surface area contributed by atoms with Crippen LogP contribution >= 0.6 is 0 Å². The van der Waals surface area contributed by atoms with E-state index in [1.807, 2.05) is 66.7 Å². The number of aliphatic hydroxyl groups excluding tert-OH is 2. The van der Waals surface area contributed by atoms with Gasteiger partial charge in [0, 0.05) is 44.6 Å². The zero-order valence-electron chi connectivity index (χ0n) is 23.5. The SMILES string of the molecule is O=C(O)CCC(=O)NCc1cccc(-c2cccc(C3OC(CN4CCC(O)C4)CC(c4ccc(CO)cc4)O3)c2)c1. The molecule has 4 N–H and O–H groups in total.